The van der Waals surface area contributed by atoms with Gasteiger partial charge < -0.3 is 4.74 Å². The minimum atomic E-state index is -0.976. The van der Waals surface area contributed by atoms with Crippen molar-refractivity contribution >= 4 is 29.3 Å². The van der Waals surface area contributed by atoms with E-state index in [1.807, 2.05) is 6.92 Å². The number of carbonyl (C=O) groups is 4. The third-order valence-corrected chi connectivity index (χ3v) is 4.51. The van der Waals surface area contributed by atoms with Crippen LogP contribution < -0.4 is 5.32 Å². The first-order valence-corrected chi connectivity index (χ1v) is 8.78. The first-order valence-electron chi connectivity index (χ1n) is 8.78. The van der Waals surface area contributed by atoms with Gasteiger partial charge in [-0.25, -0.2) is 4.79 Å². The highest BCUT2D eigenvalue weighted by molar-refractivity contribution is 6.30. The van der Waals surface area contributed by atoms with Crippen LogP contribution in [0.15, 0.2) is 42.5 Å². The molecule has 1 amide bonds. The molecule has 27 heavy (non-hydrogen) atoms. The number of ketones is 2. The van der Waals surface area contributed by atoms with Crippen LogP contribution in [0.3, 0.4) is 0 Å². The van der Waals surface area contributed by atoms with E-state index in [9.17, 15) is 19.2 Å². The fraction of sp³-hybridized carbons (Fsp3) is 0.238. The summed E-state index contributed by atoms with van der Waals surface area (Å²) >= 11 is 0. The molecule has 138 valence electrons. The molecular weight excluding hydrogens is 346 g/mol. The van der Waals surface area contributed by atoms with Crippen molar-refractivity contribution in [2.24, 2.45) is 5.92 Å². The second kappa shape index (κ2) is 7.53. The zero-order valence-corrected chi connectivity index (χ0v) is 15.1. The Hall–Kier alpha value is -3.28. The lowest BCUT2D eigenvalue weighted by Gasteiger charge is -2.20. The first kappa shape index (κ1) is 18.5. The summed E-state index contributed by atoms with van der Waals surface area (Å²) in [4.78, 5) is 49.5. The molecule has 1 atom stereocenters. The molecule has 0 saturated carbocycles. The highest BCUT2D eigenvalue weighted by Crippen LogP contribution is 2.32. The van der Waals surface area contributed by atoms with E-state index < -0.39 is 18.0 Å². The van der Waals surface area contributed by atoms with Crippen molar-refractivity contribution in [3.05, 3.63) is 64.7 Å². The van der Waals surface area contributed by atoms with Gasteiger partial charge >= 0.3 is 12.1 Å². The van der Waals surface area contributed by atoms with Crippen LogP contribution in [0.25, 0.3) is 0 Å². The molecule has 1 aliphatic carbocycles. The molecule has 6 heteroatoms. The number of benzene rings is 2. The number of ether oxygens (including phenoxy) is 1. The predicted octanol–water partition coefficient (Wildman–Crippen LogP) is 3.97. The zero-order valence-electron chi connectivity index (χ0n) is 15.1. The fourth-order valence-corrected chi connectivity index (χ4v) is 3.13. The van der Waals surface area contributed by atoms with Gasteiger partial charge in [0.25, 0.3) is 0 Å². The van der Waals surface area contributed by atoms with E-state index in [1.54, 1.807) is 37.3 Å². The van der Waals surface area contributed by atoms with Crippen LogP contribution in [-0.2, 0) is 9.53 Å². The topological polar surface area (TPSA) is 89.5 Å². The summed E-state index contributed by atoms with van der Waals surface area (Å²) in [5.41, 5.74) is 1.07. The highest BCUT2D eigenvalue weighted by atomic mass is 16.6. The minimum absolute atomic E-state index is 0.104. The van der Waals surface area contributed by atoms with E-state index >= 15 is 0 Å². The highest BCUT2D eigenvalue weighted by Gasteiger charge is 2.32. The molecule has 0 saturated heterocycles. The number of nitrogens with one attached hydrogen (secondary N) is 1. The summed E-state index contributed by atoms with van der Waals surface area (Å²) in [6.07, 6.45) is 0.423. The lowest BCUT2D eigenvalue weighted by molar-refractivity contribution is -0.141. The molecule has 6 nitrogen and oxygen atoms in total. The Morgan fingerprint density at radius 2 is 1.59 bits per heavy atom. The molecule has 0 aromatic heterocycles. The number of anilines is 1. The van der Waals surface area contributed by atoms with E-state index in [1.165, 1.54) is 12.1 Å². The number of hydrogen-bond acceptors (Lipinski definition) is 5. The Kier molecular flexibility index (Phi) is 5.16. The van der Waals surface area contributed by atoms with Crippen LogP contribution in [0.1, 0.15) is 58.5 Å². The maximum Gasteiger partial charge on any atom is 0.419 e. The number of amides is 1. The number of carbonyl (C=O) groups excluding carboxylic acids is 4. The van der Waals surface area contributed by atoms with Crippen molar-refractivity contribution in [1.29, 1.82) is 0 Å². The molecule has 1 aliphatic rings. The van der Waals surface area contributed by atoms with Crippen molar-refractivity contribution in [1.82, 2.24) is 0 Å². The molecule has 1 unspecified atom stereocenters. The summed E-state index contributed by atoms with van der Waals surface area (Å²) < 4.78 is 4.81. The summed E-state index contributed by atoms with van der Waals surface area (Å²) in [5.74, 6) is -1.68. The van der Waals surface area contributed by atoms with Crippen LogP contribution >= 0.6 is 0 Å². The standard InChI is InChI=1S/C21H19NO5/c1-3-7-12(2)20(25)27-21(26)22-16-11-6-10-15-17(16)19(24)14-9-5-4-8-13(14)18(15)23/h4-6,8-12H,3,7H2,1-2H3,(H,22,26). The average molecular weight is 365 g/mol. The minimum Gasteiger partial charge on any atom is -0.376 e. The van der Waals surface area contributed by atoms with Gasteiger partial charge in [-0.1, -0.05) is 56.7 Å². The SMILES string of the molecule is CCCC(C)C(=O)OC(=O)Nc1cccc2c1C(=O)c1ccccc1C2=O. The lowest BCUT2D eigenvalue weighted by atomic mass is 9.83. The van der Waals surface area contributed by atoms with Crippen molar-refractivity contribution in [2.75, 3.05) is 5.32 Å². The molecule has 1 N–H and O–H groups in total. The maximum absolute atomic E-state index is 12.9. The van der Waals surface area contributed by atoms with E-state index in [0.717, 1.165) is 6.42 Å². The Labute approximate surface area is 156 Å². The number of fused-ring (bicyclic) bond motifs is 2. The second-order valence-corrected chi connectivity index (χ2v) is 6.46. The molecular formula is C21H19NO5. The van der Waals surface area contributed by atoms with Gasteiger partial charge in [-0.2, -0.15) is 0 Å². The Balaban J connectivity index is 1.87. The van der Waals surface area contributed by atoms with Crippen molar-refractivity contribution in [3.8, 4) is 0 Å². The maximum atomic E-state index is 12.9. The number of hydrogen-bond donors (Lipinski definition) is 1. The zero-order chi connectivity index (χ0) is 19.6. The molecule has 0 bridgehead atoms. The Morgan fingerprint density at radius 1 is 0.963 bits per heavy atom. The van der Waals surface area contributed by atoms with E-state index in [4.69, 9.17) is 4.74 Å². The molecule has 0 radical (unpaired) electrons. The Bertz CT molecular complexity index is 947. The third kappa shape index (κ3) is 3.51. The summed E-state index contributed by atoms with van der Waals surface area (Å²) in [6, 6.07) is 11.1. The second-order valence-electron chi connectivity index (χ2n) is 6.46. The van der Waals surface area contributed by atoms with Crippen LogP contribution in [0.2, 0.25) is 0 Å². The summed E-state index contributed by atoms with van der Waals surface area (Å²) in [6.45, 7) is 3.61. The molecule has 0 aliphatic heterocycles. The van der Waals surface area contributed by atoms with Gasteiger partial charge in [0.1, 0.15) is 0 Å². The fourth-order valence-electron chi connectivity index (χ4n) is 3.13. The molecule has 3 rings (SSSR count). The monoisotopic (exact) mass is 365 g/mol. The predicted molar refractivity (Wildman–Crippen MR) is 98.9 cm³/mol. The van der Waals surface area contributed by atoms with E-state index in [-0.39, 0.29) is 33.9 Å². The van der Waals surface area contributed by atoms with Gasteiger partial charge in [0, 0.05) is 16.7 Å². The normalized spacial score (nSPS) is 13.4. The smallest absolute Gasteiger partial charge is 0.376 e. The van der Waals surface area contributed by atoms with Gasteiger partial charge in [-0.15, -0.1) is 0 Å². The average Bonchev–Trinajstić information content (AvgIpc) is 2.66. The molecule has 0 heterocycles. The van der Waals surface area contributed by atoms with Crippen molar-refractivity contribution < 1.29 is 23.9 Å². The van der Waals surface area contributed by atoms with E-state index in [2.05, 4.69) is 5.32 Å². The van der Waals surface area contributed by atoms with Crippen LogP contribution in [0.4, 0.5) is 10.5 Å². The molecule has 2 aromatic carbocycles. The number of rotatable bonds is 4. The molecule has 0 spiro atoms. The van der Waals surface area contributed by atoms with Crippen LogP contribution in [0.5, 0.6) is 0 Å². The lowest BCUT2D eigenvalue weighted by Crippen LogP contribution is -2.26. The molecule has 2 aromatic rings. The largest absolute Gasteiger partial charge is 0.419 e. The van der Waals surface area contributed by atoms with Gasteiger partial charge in [0.15, 0.2) is 11.6 Å². The Morgan fingerprint density at radius 3 is 2.26 bits per heavy atom. The van der Waals surface area contributed by atoms with Crippen molar-refractivity contribution in [2.45, 2.75) is 26.7 Å². The molecule has 0 fully saturated rings. The van der Waals surface area contributed by atoms with Crippen LogP contribution in [-0.4, -0.2) is 23.6 Å². The number of esters is 1. The quantitative estimate of drug-likeness (QED) is 0.558. The van der Waals surface area contributed by atoms with Gasteiger partial charge in [0.05, 0.1) is 17.2 Å². The van der Waals surface area contributed by atoms with Crippen molar-refractivity contribution in [3.63, 3.8) is 0 Å². The van der Waals surface area contributed by atoms with Gasteiger partial charge in [0.2, 0.25) is 0 Å². The summed E-state index contributed by atoms with van der Waals surface area (Å²) in [7, 11) is 0. The van der Waals surface area contributed by atoms with Gasteiger partial charge in [-0.05, 0) is 12.5 Å². The van der Waals surface area contributed by atoms with Gasteiger partial charge in [-0.3, -0.25) is 19.7 Å². The van der Waals surface area contributed by atoms with Crippen LogP contribution in [0, 0.1) is 5.92 Å². The first-order chi connectivity index (χ1) is 12.9. The van der Waals surface area contributed by atoms with E-state index in [0.29, 0.717) is 12.0 Å². The third-order valence-electron chi connectivity index (χ3n) is 4.51. The summed E-state index contributed by atoms with van der Waals surface area (Å²) in [5, 5.41) is 2.42.